The smallest absolute Gasteiger partial charge is 0.407 e. The third kappa shape index (κ3) is 5.94. The second-order valence-electron chi connectivity index (χ2n) is 9.71. The van der Waals surface area contributed by atoms with Gasteiger partial charge in [0.15, 0.2) is 6.10 Å². The van der Waals surface area contributed by atoms with Crippen molar-refractivity contribution in [3.05, 3.63) is 69.7 Å². The van der Waals surface area contributed by atoms with Gasteiger partial charge in [0.2, 0.25) is 5.91 Å². The summed E-state index contributed by atoms with van der Waals surface area (Å²) in [5, 5.41) is 6.16. The van der Waals surface area contributed by atoms with Gasteiger partial charge in [0.1, 0.15) is 11.6 Å². The van der Waals surface area contributed by atoms with Crippen molar-refractivity contribution in [1.29, 1.82) is 0 Å². The Balaban J connectivity index is 1.35. The molecule has 0 spiro atoms. The highest BCUT2D eigenvalue weighted by Crippen LogP contribution is 2.34. The number of carbonyl (C=O) groups excluding carboxylic acids is 3. The lowest BCUT2D eigenvalue weighted by Crippen LogP contribution is -2.59. The van der Waals surface area contributed by atoms with Crippen molar-refractivity contribution < 1.29 is 23.9 Å². The standard InChI is InChI=1S/C26H30ClN3O5/c1-26(2,3)35-25(33)29-13-16-8-9-19(27)12-18(16)14-28-23(31)21-10-11-30(21)24(32)22-20-7-5-4-6-17(20)15-34-22/h4-9,12,21-22H,10-11,13-15H2,1-3H3,(H,28,31)(H,29,33)/t21-,22?/m0/s1. The molecule has 2 atom stereocenters. The van der Waals surface area contributed by atoms with Crippen LogP contribution >= 0.6 is 11.6 Å². The number of rotatable bonds is 6. The Morgan fingerprint density at radius 2 is 1.83 bits per heavy atom. The van der Waals surface area contributed by atoms with Gasteiger partial charge in [-0.05, 0) is 61.6 Å². The van der Waals surface area contributed by atoms with Gasteiger partial charge in [-0.1, -0.05) is 41.9 Å². The first-order valence-electron chi connectivity index (χ1n) is 11.6. The molecule has 2 aliphatic heterocycles. The largest absolute Gasteiger partial charge is 0.444 e. The third-order valence-electron chi connectivity index (χ3n) is 6.02. The number of fused-ring (bicyclic) bond motifs is 1. The number of carbonyl (C=O) groups is 3. The first kappa shape index (κ1) is 25.0. The molecule has 2 aliphatic rings. The number of amides is 3. The molecule has 0 bridgehead atoms. The number of hydrogen-bond donors (Lipinski definition) is 2. The number of likely N-dealkylation sites (tertiary alicyclic amines) is 1. The molecule has 0 aromatic heterocycles. The van der Waals surface area contributed by atoms with Gasteiger partial charge in [0.05, 0.1) is 6.61 Å². The van der Waals surface area contributed by atoms with E-state index in [9.17, 15) is 14.4 Å². The normalized spacial score (nSPS) is 18.9. The maximum atomic E-state index is 13.1. The van der Waals surface area contributed by atoms with Gasteiger partial charge in [-0.2, -0.15) is 0 Å². The zero-order chi connectivity index (χ0) is 25.2. The second kappa shape index (κ2) is 10.3. The van der Waals surface area contributed by atoms with Crippen LogP contribution in [-0.4, -0.2) is 41.0 Å². The molecule has 2 aromatic rings. The number of benzene rings is 2. The van der Waals surface area contributed by atoms with E-state index in [4.69, 9.17) is 21.1 Å². The predicted octanol–water partition coefficient (Wildman–Crippen LogP) is 3.85. The fourth-order valence-corrected chi connectivity index (χ4v) is 4.37. The Bertz CT molecular complexity index is 1130. The van der Waals surface area contributed by atoms with Crippen LogP contribution in [0.2, 0.25) is 5.02 Å². The van der Waals surface area contributed by atoms with E-state index in [2.05, 4.69) is 10.6 Å². The number of nitrogens with zero attached hydrogens (tertiary/aromatic N) is 1. The van der Waals surface area contributed by atoms with Crippen LogP contribution < -0.4 is 10.6 Å². The van der Waals surface area contributed by atoms with Crippen molar-refractivity contribution in [2.45, 2.75) is 64.6 Å². The van der Waals surface area contributed by atoms with Crippen LogP contribution in [0.4, 0.5) is 4.79 Å². The summed E-state index contributed by atoms with van der Waals surface area (Å²) in [5.74, 6) is -0.423. The SMILES string of the molecule is CC(C)(C)OC(=O)NCc1ccc(Cl)cc1CNC(=O)[C@@H]1CCN1C(=O)C1OCc2ccccc21. The summed E-state index contributed by atoms with van der Waals surface area (Å²) in [4.78, 5) is 39.6. The molecule has 0 radical (unpaired) electrons. The molecule has 186 valence electrons. The lowest BCUT2D eigenvalue weighted by atomic mass is 9.98. The van der Waals surface area contributed by atoms with E-state index in [1.165, 1.54) is 0 Å². The molecule has 0 aliphatic carbocycles. The monoisotopic (exact) mass is 499 g/mol. The maximum Gasteiger partial charge on any atom is 0.407 e. The Labute approximate surface area is 209 Å². The maximum absolute atomic E-state index is 13.1. The average Bonchev–Trinajstić information content (AvgIpc) is 3.19. The van der Waals surface area contributed by atoms with Crippen molar-refractivity contribution in [2.75, 3.05) is 6.54 Å². The minimum Gasteiger partial charge on any atom is -0.444 e. The van der Waals surface area contributed by atoms with E-state index < -0.39 is 23.8 Å². The Morgan fingerprint density at radius 1 is 1.09 bits per heavy atom. The number of hydrogen-bond acceptors (Lipinski definition) is 5. The molecule has 9 heteroatoms. The van der Waals surface area contributed by atoms with Crippen LogP contribution in [0.5, 0.6) is 0 Å². The van der Waals surface area contributed by atoms with Gasteiger partial charge in [0.25, 0.3) is 5.91 Å². The van der Waals surface area contributed by atoms with Crippen LogP contribution in [-0.2, 0) is 38.8 Å². The Hall–Kier alpha value is -3.10. The van der Waals surface area contributed by atoms with Gasteiger partial charge in [-0.3, -0.25) is 9.59 Å². The zero-order valence-electron chi connectivity index (χ0n) is 20.1. The van der Waals surface area contributed by atoms with Crippen LogP contribution in [0.25, 0.3) is 0 Å². The quantitative estimate of drug-likeness (QED) is 0.629. The highest BCUT2D eigenvalue weighted by Gasteiger charge is 2.42. The summed E-state index contributed by atoms with van der Waals surface area (Å²) in [6, 6.07) is 12.4. The second-order valence-corrected chi connectivity index (χ2v) is 10.1. The first-order valence-corrected chi connectivity index (χ1v) is 12.0. The van der Waals surface area contributed by atoms with Crippen molar-refractivity contribution >= 4 is 29.5 Å². The lowest BCUT2D eigenvalue weighted by molar-refractivity contribution is -0.156. The van der Waals surface area contributed by atoms with Crippen molar-refractivity contribution in [3.63, 3.8) is 0 Å². The topological polar surface area (TPSA) is 97.0 Å². The molecule has 2 aromatic carbocycles. The fraction of sp³-hybridized carbons (Fsp3) is 0.423. The fourth-order valence-electron chi connectivity index (χ4n) is 4.18. The summed E-state index contributed by atoms with van der Waals surface area (Å²) < 4.78 is 11.0. The molecule has 3 amide bonds. The van der Waals surface area contributed by atoms with E-state index in [1.807, 2.05) is 24.3 Å². The van der Waals surface area contributed by atoms with Crippen molar-refractivity contribution in [2.24, 2.45) is 0 Å². The van der Waals surface area contributed by atoms with Crippen molar-refractivity contribution in [1.82, 2.24) is 15.5 Å². The third-order valence-corrected chi connectivity index (χ3v) is 6.25. The number of alkyl carbamates (subject to hydrolysis) is 1. The summed E-state index contributed by atoms with van der Waals surface area (Å²) in [6.45, 7) is 6.73. The lowest BCUT2D eigenvalue weighted by Gasteiger charge is -2.41. The zero-order valence-corrected chi connectivity index (χ0v) is 20.9. The molecule has 1 unspecified atom stereocenters. The molecule has 35 heavy (non-hydrogen) atoms. The Morgan fingerprint density at radius 3 is 2.54 bits per heavy atom. The van der Waals surface area contributed by atoms with E-state index in [1.54, 1.807) is 43.9 Å². The van der Waals surface area contributed by atoms with Crippen LogP contribution in [0.1, 0.15) is 55.5 Å². The van der Waals surface area contributed by atoms with Crippen LogP contribution in [0.15, 0.2) is 42.5 Å². The summed E-state index contributed by atoms with van der Waals surface area (Å²) in [7, 11) is 0. The van der Waals surface area contributed by atoms with E-state index in [0.717, 1.165) is 22.3 Å². The average molecular weight is 500 g/mol. The van der Waals surface area contributed by atoms with Crippen molar-refractivity contribution in [3.8, 4) is 0 Å². The number of halogens is 1. The summed E-state index contributed by atoms with van der Waals surface area (Å²) in [6.07, 6.45) is -0.601. The molecule has 4 rings (SSSR count). The predicted molar refractivity (Wildman–Crippen MR) is 130 cm³/mol. The molecule has 0 saturated carbocycles. The molecule has 1 saturated heterocycles. The van der Waals surface area contributed by atoms with E-state index in [0.29, 0.717) is 24.6 Å². The first-order chi connectivity index (χ1) is 16.6. The molecule has 8 nitrogen and oxygen atoms in total. The number of ether oxygens (including phenoxy) is 2. The molecule has 1 fully saturated rings. The van der Waals surface area contributed by atoms with Gasteiger partial charge < -0.3 is 25.0 Å². The minimum absolute atomic E-state index is 0.189. The summed E-state index contributed by atoms with van der Waals surface area (Å²) in [5.41, 5.74) is 2.84. The molecular weight excluding hydrogens is 470 g/mol. The molecule has 2 N–H and O–H groups in total. The van der Waals surface area contributed by atoms with E-state index >= 15 is 0 Å². The highest BCUT2D eigenvalue weighted by atomic mass is 35.5. The molecule has 2 heterocycles. The highest BCUT2D eigenvalue weighted by molar-refractivity contribution is 6.30. The van der Waals surface area contributed by atoms with Gasteiger partial charge >= 0.3 is 6.09 Å². The molecular formula is C26H30ClN3O5. The van der Waals surface area contributed by atoms with Crippen LogP contribution in [0.3, 0.4) is 0 Å². The van der Waals surface area contributed by atoms with Gasteiger partial charge in [-0.15, -0.1) is 0 Å². The van der Waals surface area contributed by atoms with Crippen LogP contribution in [0, 0.1) is 0 Å². The minimum atomic E-state index is -0.666. The Kier molecular flexibility index (Phi) is 7.33. The number of nitrogens with one attached hydrogen (secondary N) is 2. The van der Waals surface area contributed by atoms with E-state index in [-0.39, 0.29) is 24.9 Å². The summed E-state index contributed by atoms with van der Waals surface area (Å²) >= 11 is 6.17. The van der Waals surface area contributed by atoms with Gasteiger partial charge in [0, 0.05) is 24.7 Å². The van der Waals surface area contributed by atoms with Gasteiger partial charge in [-0.25, -0.2) is 4.79 Å².